The number of ether oxygens (including phenoxy) is 1. The van der Waals surface area contributed by atoms with E-state index in [4.69, 9.17) is 16.3 Å². The number of carbonyl (C=O) groups is 1. The predicted octanol–water partition coefficient (Wildman–Crippen LogP) is 5.09. The van der Waals surface area contributed by atoms with Gasteiger partial charge in [0.15, 0.2) is 5.69 Å². The maximum Gasteiger partial charge on any atom is 0.263 e. The molecule has 0 radical (unpaired) electrons. The van der Waals surface area contributed by atoms with Crippen LogP contribution in [0, 0.1) is 19.1 Å². The normalized spacial score (nSPS) is 11.1. The van der Waals surface area contributed by atoms with E-state index in [9.17, 15) is 10.0 Å². The van der Waals surface area contributed by atoms with Crippen molar-refractivity contribution in [1.29, 1.82) is 0 Å². The van der Waals surface area contributed by atoms with Crippen molar-refractivity contribution >= 4 is 23.2 Å². The Labute approximate surface area is 177 Å². The molecule has 2 aromatic rings. The van der Waals surface area contributed by atoms with Gasteiger partial charge in [-0.25, -0.2) is 0 Å². The van der Waals surface area contributed by atoms with E-state index in [1.54, 1.807) is 21.0 Å². The fourth-order valence-electron chi connectivity index (χ4n) is 3.43. The fraction of sp³-hybridized carbons (Fsp3) is 0.391. The van der Waals surface area contributed by atoms with E-state index >= 15 is 0 Å². The molecule has 0 saturated carbocycles. The van der Waals surface area contributed by atoms with Crippen LogP contribution in [0.5, 0.6) is 5.75 Å². The third kappa shape index (κ3) is 4.56. The van der Waals surface area contributed by atoms with Crippen LogP contribution < -0.4 is 14.8 Å². The van der Waals surface area contributed by atoms with Gasteiger partial charge in [-0.05, 0) is 49.4 Å². The Hall–Kier alpha value is -2.53. The molecule has 0 spiro atoms. The summed E-state index contributed by atoms with van der Waals surface area (Å²) in [6, 6.07) is 3.84. The molecule has 1 heterocycles. The van der Waals surface area contributed by atoms with E-state index in [1.807, 2.05) is 45.1 Å². The summed E-state index contributed by atoms with van der Waals surface area (Å²) in [4.78, 5) is 13.2. The summed E-state index contributed by atoms with van der Waals surface area (Å²) in [7, 11) is 1.63. The number of benzene rings is 1. The average Bonchev–Trinajstić information content (AvgIpc) is 2.72. The van der Waals surface area contributed by atoms with Gasteiger partial charge in [0.05, 0.1) is 12.1 Å². The molecule has 1 aromatic heterocycles. The topological polar surface area (TPSA) is 65.3 Å². The first kappa shape index (κ1) is 22.8. The van der Waals surface area contributed by atoms with Crippen molar-refractivity contribution in [2.75, 3.05) is 12.4 Å². The number of allylic oxidation sites excluding steroid dienone is 2. The molecule has 6 heteroatoms. The van der Waals surface area contributed by atoms with E-state index in [-0.39, 0.29) is 11.5 Å². The van der Waals surface area contributed by atoms with Gasteiger partial charge < -0.3 is 15.3 Å². The first-order valence-electron chi connectivity index (χ1n) is 9.83. The highest BCUT2D eigenvalue weighted by molar-refractivity contribution is 6.35. The van der Waals surface area contributed by atoms with E-state index in [2.05, 4.69) is 5.32 Å². The molecule has 1 N–H and O–H groups in total. The predicted molar refractivity (Wildman–Crippen MR) is 118 cm³/mol. The molecule has 0 unspecified atom stereocenters. The highest BCUT2D eigenvalue weighted by Crippen LogP contribution is 2.31. The van der Waals surface area contributed by atoms with Crippen LogP contribution in [0.2, 0.25) is 5.02 Å². The molecule has 29 heavy (non-hydrogen) atoms. The summed E-state index contributed by atoms with van der Waals surface area (Å²) >= 11 is 6.62. The lowest BCUT2D eigenvalue weighted by Gasteiger charge is -2.19. The third-order valence-electron chi connectivity index (χ3n) is 5.19. The molecule has 2 rings (SSSR count). The van der Waals surface area contributed by atoms with Crippen molar-refractivity contribution in [3.63, 3.8) is 0 Å². The largest absolute Gasteiger partial charge is 0.618 e. The number of carbonyl (C=O) groups excluding carboxylic acids is 1. The number of halogens is 1. The molecule has 0 bridgehead atoms. The van der Waals surface area contributed by atoms with E-state index in [0.29, 0.717) is 28.4 Å². The standard InChI is InChI=1S/C23H29ClN2O3/c1-7-10-11-19-14(4)26(28)15(5)20(21(19)24)23(27)25-22-16(8-2)12-18(29-6)13-17(22)9-3/h7,10,12-13H,8-9,11H2,1-6H3,(H,25,27)/b10-7+. The number of hydrogen-bond donors (Lipinski definition) is 1. The van der Waals surface area contributed by atoms with Crippen LogP contribution >= 0.6 is 11.6 Å². The number of aryl methyl sites for hydroxylation is 2. The number of pyridine rings is 1. The smallest absolute Gasteiger partial charge is 0.263 e. The van der Waals surface area contributed by atoms with Crippen molar-refractivity contribution in [3.8, 4) is 5.75 Å². The highest BCUT2D eigenvalue weighted by atomic mass is 35.5. The molecule has 5 nitrogen and oxygen atoms in total. The zero-order chi connectivity index (χ0) is 21.7. The second-order valence-corrected chi connectivity index (χ2v) is 7.27. The number of hydrogen-bond acceptors (Lipinski definition) is 3. The van der Waals surface area contributed by atoms with Crippen LogP contribution in [-0.4, -0.2) is 13.0 Å². The van der Waals surface area contributed by atoms with Crippen molar-refractivity contribution in [2.24, 2.45) is 0 Å². The molecule has 0 aliphatic rings. The fourth-order valence-corrected chi connectivity index (χ4v) is 3.87. The van der Waals surface area contributed by atoms with Crippen molar-refractivity contribution < 1.29 is 14.3 Å². The minimum absolute atomic E-state index is 0.215. The first-order chi connectivity index (χ1) is 13.8. The maximum absolute atomic E-state index is 13.2. The van der Waals surface area contributed by atoms with Crippen molar-refractivity contribution in [2.45, 2.75) is 53.9 Å². The number of methoxy groups -OCH3 is 1. The number of anilines is 1. The van der Waals surface area contributed by atoms with Gasteiger partial charge in [-0.2, -0.15) is 4.73 Å². The third-order valence-corrected chi connectivity index (χ3v) is 5.61. The van der Waals surface area contributed by atoms with Crippen molar-refractivity contribution in [1.82, 2.24) is 0 Å². The van der Waals surface area contributed by atoms with Gasteiger partial charge in [-0.1, -0.05) is 37.6 Å². The highest BCUT2D eigenvalue weighted by Gasteiger charge is 2.27. The Balaban J connectivity index is 2.58. The van der Waals surface area contributed by atoms with Crippen LogP contribution in [0.1, 0.15) is 59.2 Å². The number of aromatic nitrogens is 1. The summed E-state index contributed by atoms with van der Waals surface area (Å²) in [5.74, 6) is 0.376. The SMILES string of the molecule is C/C=C/Cc1c(Cl)c(C(=O)Nc2c(CC)cc(OC)cc2CC)c(C)[n+]([O-])c1C. The molecule has 0 fully saturated rings. The van der Waals surface area contributed by atoms with Gasteiger partial charge in [0.25, 0.3) is 5.91 Å². The zero-order valence-electron chi connectivity index (χ0n) is 18.0. The molecule has 156 valence electrons. The van der Waals surface area contributed by atoms with Gasteiger partial charge in [0.2, 0.25) is 5.69 Å². The quantitative estimate of drug-likeness (QED) is 0.388. The molecule has 0 saturated heterocycles. The number of rotatable bonds is 7. The second kappa shape index (κ2) is 9.79. The summed E-state index contributed by atoms with van der Waals surface area (Å²) < 4.78 is 6.17. The van der Waals surface area contributed by atoms with Gasteiger partial charge in [-0.15, -0.1) is 0 Å². The molecular weight excluding hydrogens is 388 g/mol. The molecule has 0 aliphatic carbocycles. The Kier molecular flexibility index (Phi) is 7.68. The minimum Gasteiger partial charge on any atom is -0.618 e. The summed E-state index contributed by atoms with van der Waals surface area (Å²) in [5, 5.41) is 16.0. The van der Waals surface area contributed by atoms with Crippen LogP contribution in [0.15, 0.2) is 24.3 Å². The summed E-state index contributed by atoms with van der Waals surface area (Å²) in [5.41, 5.74) is 4.38. The molecular formula is C23H29ClN2O3. The average molecular weight is 417 g/mol. The molecule has 1 aromatic carbocycles. The Bertz CT molecular complexity index is 927. The van der Waals surface area contributed by atoms with Crippen LogP contribution in [0.4, 0.5) is 5.69 Å². The number of nitrogens with one attached hydrogen (secondary N) is 1. The molecule has 0 atom stereocenters. The molecule has 1 amide bonds. The first-order valence-corrected chi connectivity index (χ1v) is 10.2. The zero-order valence-corrected chi connectivity index (χ0v) is 18.7. The Morgan fingerprint density at radius 2 is 1.79 bits per heavy atom. The van der Waals surface area contributed by atoms with Crippen LogP contribution in [-0.2, 0) is 19.3 Å². The lowest BCUT2D eigenvalue weighted by molar-refractivity contribution is -0.619. The van der Waals surface area contributed by atoms with Gasteiger partial charge in [0, 0.05) is 25.1 Å². The second-order valence-electron chi connectivity index (χ2n) is 6.89. The lowest BCUT2D eigenvalue weighted by atomic mass is 10.0. The minimum atomic E-state index is -0.381. The van der Waals surface area contributed by atoms with Gasteiger partial charge in [-0.3, -0.25) is 4.79 Å². The van der Waals surface area contributed by atoms with Crippen LogP contribution in [0.3, 0.4) is 0 Å². The number of amides is 1. The molecule has 0 aliphatic heterocycles. The Morgan fingerprint density at radius 1 is 1.21 bits per heavy atom. The van der Waals surface area contributed by atoms with Gasteiger partial charge in [0.1, 0.15) is 11.3 Å². The van der Waals surface area contributed by atoms with Crippen molar-refractivity contribution in [3.05, 3.63) is 68.2 Å². The number of nitrogens with zero attached hydrogens (tertiary/aromatic N) is 1. The summed E-state index contributed by atoms with van der Waals surface area (Å²) in [6.07, 6.45) is 5.76. The maximum atomic E-state index is 13.2. The van der Waals surface area contributed by atoms with Crippen LogP contribution in [0.25, 0.3) is 0 Å². The monoisotopic (exact) mass is 416 g/mol. The van der Waals surface area contributed by atoms with E-state index in [0.717, 1.165) is 40.1 Å². The van der Waals surface area contributed by atoms with Gasteiger partial charge >= 0.3 is 0 Å². The Morgan fingerprint density at radius 3 is 2.28 bits per heavy atom. The summed E-state index contributed by atoms with van der Waals surface area (Å²) in [6.45, 7) is 9.29. The van der Waals surface area contributed by atoms with E-state index in [1.165, 1.54) is 0 Å². The lowest BCUT2D eigenvalue weighted by Crippen LogP contribution is -2.38. The van der Waals surface area contributed by atoms with E-state index < -0.39 is 0 Å².